The molecule has 2 saturated carbocycles. The summed E-state index contributed by atoms with van der Waals surface area (Å²) in [6.07, 6.45) is 4.66. The summed E-state index contributed by atoms with van der Waals surface area (Å²) >= 11 is 0. The van der Waals surface area contributed by atoms with Crippen LogP contribution in [0, 0.1) is 22.7 Å². The molecule has 2 aliphatic rings. The molecule has 1 aromatic rings. The summed E-state index contributed by atoms with van der Waals surface area (Å²) in [5.41, 5.74) is -0.290. The highest BCUT2D eigenvalue weighted by molar-refractivity contribution is 6.01. The molecule has 27 heavy (non-hydrogen) atoms. The Morgan fingerprint density at radius 2 is 1.74 bits per heavy atom. The van der Waals surface area contributed by atoms with Gasteiger partial charge in [0.15, 0.2) is 5.41 Å². The number of allylic oxidation sites excluding steroid dienone is 1. The second-order valence-corrected chi connectivity index (χ2v) is 7.51. The smallest absolute Gasteiger partial charge is 0.323 e. The third-order valence-corrected chi connectivity index (χ3v) is 6.11. The van der Waals surface area contributed by atoms with Crippen LogP contribution in [0.25, 0.3) is 0 Å². The highest BCUT2D eigenvalue weighted by Gasteiger charge is 2.74. The molecule has 0 amide bonds. The van der Waals surface area contributed by atoms with E-state index in [9.17, 15) is 9.59 Å². The molecular formula is C22H28O5. The van der Waals surface area contributed by atoms with Crippen molar-refractivity contribution in [2.24, 2.45) is 22.7 Å². The van der Waals surface area contributed by atoms with Crippen LogP contribution in [0.4, 0.5) is 0 Å². The first-order chi connectivity index (χ1) is 13.0. The third kappa shape index (κ3) is 3.47. The molecule has 0 bridgehead atoms. The van der Waals surface area contributed by atoms with E-state index in [1.54, 1.807) is 20.1 Å². The first kappa shape index (κ1) is 19.5. The molecule has 5 heteroatoms. The predicted octanol–water partition coefficient (Wildman–Crippen LogP) is 3.88. The number of carbonyl (C=O) groups excluding carboxylic acids is 2. The molecule has 3 atom stereocenters. The predicted molar refractivity (Wildman–Crippen MR) is 100 cm³/mol. The van der Waals surface area contributed by atoms with E-state index in [-0.39, 0.29) is 24.5 Å². The lowest BCUT2D eigenvalue weighted by molar-refractivity contribution is -0.173. The molecule has 2 fully saturated rings. The van der Waals surface area contributed by atoms with E-state index in [1.165, 1.54) is 0 Å². The van der Waals surface area contributed by atoms with E-state index in [1.807, 2.05) is 36.4 Å². The fourth-order valence-electron chi connectivity index (χ4n) is 4.54. The van der Waals surface area contributed by atoms with Gasteiger partial charge in [0.25, 0.3) is 0 Å². The lowest BCUT2D eigenvalue weighted by atomic mass is 9.78. The highest BCUT2D eigenvalue weighted by atomic mass is 16.6. The number of fused-ring (bicyclic) bond motifs is 1. The number of ether oxygens (including phenoxy) is 3. The van der Waals surface area contributed by atoms with Gasteiger partial charge in [0.1, 0.15) is 6.61 Å². The van der Waals surface area contributed by atoms with Crippen molar-refractivity contribution < 1.29 is 23.8 Å². The summed E-state index contributed by atoms with van der Waals surface area (Å²) < 4.78 is 16.2. The SMILES string of the molecule is CCOC(=O)C1(C(=O)OCC)C[C@@H]2[C@@H](C)[C@]2(/C=C/OCc2ccccc2)C1. The Balaban J connectivity index is 1.71. The molecule has 0 heterocycles. The summed E-state index contributed by atoms with van der Waals surface area (Å²) in [5, 5.41) is 0. The van der Waals surface area contributed by atoms with Gasteiger partial charge in [0, 0.05) is 0 Å². The molecule has 1 aromatic carbocycles. The van der Waals surface area contributed by atoms with Crippen molar-refractivity contribution in [1.82, 2.24) is 0 Å². The van der Waals surface area contributed by atoms with Crippen LogP contribution in [0.3, 0.4) is 0 Å². The molecule has 0 saturated heterocycles. The van der Waals surface area contributed by atoms with Crippen molar-refractivity contribution in [2.45, 2.75) is 40.2 Å². The van der Waals surface area contributed by atoms with Crippen molar-refractivity contribution in [1.29, 1.82) is 0 Å². The van der Waals surface area contributed by atoms with E-state index in [0.29, 0.717) is 25.4 Å². The van der Waals surface area contributed by atoms with Crippen molar-refractivity contribution in [3.63, 3.8) is 0 Å². The highest BCUT2D eigenvalue weighted by Crippen LogP contribution is 2.74. The van der Waals surface area contributed by atoms with Gasteiger partial charge in [-0.3, -0.25) is 9.59 Å². The summed E-state index contributed by atoms with van der Waals surface area (Å²) in [7, 11) is 0. The zero-order valence-corrected chi connectivity index (χ0v) is 16.3. The lowest BCUT2D eigenvalue weighted by Gasteiger charge is -2.28. The zero-order chi connectivity index (χ0) is 19.5. The molecule has 0 aromatic heterocycles. The normalized spacial score (nSPS) is 27.8. The Labute approximate surface area is 160 Å². The molecular weight excluding hydrogens is 344 g/mol. The molecule has 0 unspecified atom stereocenters. The number of rotatable bonds is 8. The van der Waals surface area contributed by atoms with Crippen LogP contribution < -0.4 is 0 Å². The van der Waals surface area contributed by atoms with Crippen molar-refractivity contribution in [3.05, 3.63) is 48.2 Å². The molecule has 0 spiro atoms. The van der Waals surface area contributed by atoms with Gasteiger partial charge in [-0.25, -0.2) is 0 Å². The van der Waals surface area contributed by atoms with Gasteiger partial charge < -0.3 is 14.2 Å². The van der Waals surface area contributed by atoms with Gasteiger partial charge in [0.05, 0.1) is 19.5 Å². The molecule has 2 aliphatic carbocycles. The van der Waals surface area contributed by atoms with Gasteiger partial charge in [-0.05, 0) is 55.6 Å². The number of carbonyl (C=O) groups is 2. The Morgan fingerprint density at radius 1 is 1.11 bits per heavy atom. The van der Waals surface area contributed by atoms with Crippen LogP contribution in [0.15, 0.2) is 42.7 Å². The molecule has 0 radical (unpaired) electrons. The monoisotopic (exact) mass is 372 g/mol. The first-order valence-corrected chi connectivity index (χ1v) is 9.68. The van der Waals surface area contributed by atoms with E-state index >= 15 is 0 Å². The van der Waals surface area contributed by atoms with Crippen LogP contribution in [-0.4, -0.2) is 25.2 Å². The summed E-state index contributed by atoms with van der Waals surface area (Å²) in [6, 6.07) is 9.94. The molecule has 0 aliphatic heterocycles. The Hall–Kier alpha value is -2.30. The van der Waals surface area contributed by atoms with Gasteiger partial charge in [-0.2, -0.15) is 0 Å². The van der Waals surface area contributed by atoms with E-state index < -0.39 is 17.4 Å². The minimum absolute atomic E-state index is 0.198. The fourth-order valence-corrected chi connectivity index (χ4v) is 4.54. The number of benzene rings is 1. The minimum atomic E-state index is -1.19. The van der Waals surface area contributed by atoms with Crippen LogP contribution in [-0.2, 0) is 30.4 Å². The Bertz CT molecular complexity index is 693. The van der Waals surface area contributed by atoms with Crippen LogP contribution >= 0.6 is 0 Å². The Morgan fingerprint density at radius 3 is 2.33 bits per heavy atom. The second-order valence-electron chi connectivity index (χ2n) is 7.51. The number of hydrogen-bond acceptors (Lipinski definition) is 5. The average Bonchev–Trinajstić information content (AvgIpc) is 3.03. The van der Waals surface area contributed by atoms with E-state index in [0.717, 1.165) is 5.56 Å². The largest absolute Gasteiger partial charge is 0.497 e. The fraction of sp³-hybridized carbons (Fsp3) is 0.545. The third-order valence-electron chi connectivity index (χ3n) is 6.11. The second kappa shape index (κ2) is 7.75. The Kier molecular flexibility index (Phi) is 5.59. The topological polar surface area (TPSA) is 61.8 Å². The van der Waals surface area contributed by atoms with Crippen LogP contribution in [0.1, 0.15) is 39.2 Å². The summed E-state index contributed by atoms with van der Waals surface area (Å²) in [4.78, 5) is 25.3. The van der Waals surface area contributed by atoms with Gasteiger partial charge in [0.2, 0.25) is 0 Å². The lowest BCUT2D eigenvalue weighted by Crippen LogP contribution is -2.42. The maximum atomic E-state index is 12.6. The molecule has 0 N–H and O–H groups in total. The van der Waals surface area contributed by atoms with Gasteiger partial charge >= 0.3 is 11.9 Å². The summed E-state index contributed by atoms with van der Waals surface area (Å²) in [5.74, 6) is -0.240. The van der Waals surface area contributed by atoms with Crippen molar-refractivity contribution in [2.75, 3.05) is 13.2 Å². The van der Waals surface area contributed by atoms with Gasteiger partial charge in [-0.1, -0.05) is 37.3 Å². The van der Waals surface area contributed by atoms with E-state index in [4.69, 9.17) is 14.2 Å². The zero-order valence-electron chi connectivity index (χ0n) is 16.3. The minimum Gasteiger partial charge on any atom is -0.497 e. The molecule has 3 rings (SSSR count). The first-order valence-electron chi connectivity index (χ1n) is 9.68. The average molecular weight is 372 g/mol. The van der Waals surface area contributed by atoms with Gasteiger partial charge in [-0.15, -0.1) is 0 Å². The molecule has 146 valence electrons. The van der Waals surface area contributed by atoms with Crippen molar-refractivity contribution >= 4 is 11.9 Å². The quantitative estimate of drug-likeness (QED) is 0.394. The molecule has 5 nitrogen and oxygen atoms in total. The van der Waals surface area contributed by atoms with E-state index in [2.05, 4.69) is 6.92 Å². The number of hydrogen-bond donors (Lipinski definition) is 0. The van der Waals surface area contributed by atoms with Crippen LogP contribution in [0.5, 0.6) is 0 Å². The maximum Gasteiger partial charge on any atom is 0.323 e. The van der Waals surface area contributed by atoms with Crippen molar-refractivity contribution in [3.8, 4) is 0 Å². The van der Waals surface area contributed by atoms with Crippen LogP contribution in [0.2, 0.25) is 0 Å². The maximum absolute atomic E-state index is 12.6. The summed E-state index contributed by atoms with van der Waals surface area (Å²) in [6.45, 7) is 6.66. The standard InChI is InChI=1S/C22H28O5/c1-4-26-19(23)22(20(24)27-5-2)13-18-16(3)21(18,15-22)11-12-25-14-17-9-7-6-8-10-17/h6-12,16,18H,4-5,13-15H2,1-3H3/b12-11+/t16-,18-,21+/m1/s1. The number of esters is 2.